The number of carboxylic acid groups (broad SMARTS) is 1. The fraction of sp³-hybridized carbons (Fsp3) is 0.625. The molecule has 0 aliphatic carbocycles. The fourth-order valence-electron chi connectivity index (χ4n) is 0.776. The molecule has 2 unspecified atom stereocenters. The molecule has 2 atom stereocenters. The lowest BCUT2D eigenvalue weighted by Gasteiger charge is -2.14. The first-order valence-electron chi connectivity index (χ1n) is 4.15. The van der Waals surface area contributed by atoms with Gasteiger partial charge in [0, 0.05) is 5.92 Å². The van der Waals surface area contributed by atoms with Crippen LogP contribution in [0.15, 0.2) is 0 Å². The summed E-state index contributed by atoms with van der Waals surface area (Å²) < 4.78 is 0. The number of carbonyl (C=O) groups is 3. The standard InChI is InChI=1S/C8H14N2O4/c1-4(5(2)8(13)14)7(12)10-3-6(9)11/h4-5H,3H2,1-2H3,(H2,9,11)(H,10,12)(H,13,14). The smallest absolute Gasteiger partial charge is 0.307 e. The summed E-state index contributed by atoms with van der Waals surface area (Å²) >= 11 is 0. The van der Waals surface area contributed by atoms with Gasteiger partial charge in [0.25, 0.3) is 0 Å². The van der Waals surface area contributed by atoms with Gasteiger partial charge in [0.05, 0.1) is 12.5 Å². The molecule has 2 amide bonds. The average Bonchev–Trinajstić information content (AvgIpc) is 2.11. The van der Waals surface area contributed by atoms with E-state index in [-0.39, 0.29) is 6.54 Å². The Kier molecular flexibility index (Phi) is 4.62. The first-order valence-corrected chi connectivity index (χ1v) is 4.15. The SMILES string of the molecule is CC(C(=O)O)C(C)C(=O)NCC(N)=O. The van der Waals surface area contributed by atoms with Crippen LogP contribution < -0.4 is 11.1 Å². The Bertz CT molecular complexity index is 252. The molecule has 0 aliphatic heterocycles. The lowest BCUT2D eigenvalue weighted by molar-refractivity contribution is -0.146. The minimum absolute atomic E-state index is 0.268. The van der Waals surface area contributed by atoms with Crippen molar-refractivity contribution in [2.24, 2.45) is 17.6 Å². The molecule has 0 saturated heterocycles. The molecule has 6 heteroatoms. The number of hydrogen-bond acceptors (Lipinski definition) is 3. The van der Waals surface area contributed by atoms with Crippen LogP contribution in [-0.2, 0) is 14.4 Å². The molecule has 0 rings (SSSR count). The summed E-state index contributed by atoms with van der Waals surface area (Å²) in [6.07, 6.45) is 0. The monoisotopic (exact) mass is 202 g/mol. The van der Waals surface area contributed by atoms with Gasteiger partial charge in [-0.05, 0) is 0 Å². The summed E-state index contributed by atoms with van der Waals surface area (Å²) in [5, 5.41) is 10.8. The lowest BCUT2D eigenvalue weighted by atomic mass is 9.95. The van der Waals surface area contributed by atoms with Crippen LogP contribution in [0.25, 0.3) is 0 Å². The zero-order valence-electron chi connectivity index (χ0n) is 8.11. The Morgan fingerprint density at radius 3 is 2.14 bits per heavy atom. The zero-order valence-corrected chi connectivity index (χ0v) is 8.11. The van der Waals surface area contributed by atoms with Gasteiger partial charge in [-0.15, -0.1) is 0 Å². The molecule has 0 spiro atoms. The zero-order chi connectivity index (χ0) is 11.3. The predicted octanol–water partition coefficient (Wildman–Crippen LogP) is -1.06. The van der Waals surface area contributed by atoms with Gasteiger partial charge in [-0.25, -0.2) is 0 Å². The number of carbonyl (C=O) groups excluding carboxylic acids is 2. The summed E-state index contributed by atoms with van der Waals surface area (Å²) in [4.78, 5) is 32.0. The average molecular weight is 202 g/mol. The molecule has 0 saturated carbocycles. The number of carboxylic acids is 1. The Morgan fingerprint density at radius 2 is 1.79 bits per heavy atom. The second-order valence-corrected chi connectivity index (χ2v) is 3.10. The highest BCUT2D eigenvalue weighted by atomic mass is 16.4. The van der Waals surface area contributed by atoms with E-state index in [1.54, 1.807) is 0 Å². The second-order valence-electron chi connectivity index (χ2n) is 3.10. The summed E-state index contributed by atoms with van der Waals surface area (Å²) in [7, 11) is 0. The molecule has 0 aromatic carbocycles. The Hall–Kier alpha value is -1.59. The highest BCUT2D eigenvalue weighted by molar-refractivity contribution is 5.87. The van der Waals surface area contributed by atoms with Crippen LogP contribution in [0.5, 0.6) is 0 Å². The normalized spacial score (nSPS) is 14.1. The highest BCUT2D eigenvalue weighted by Gasteiger charge is 2.25. The van der Waals surface area contributed by atoms with Gasteiger partial charge in [-0.3, -0.25) is 14.4 Å². The third kappa shape index (κ3) is 3.88. The first-order chi connectivity index (χ1) is 6.36. The van der Waals surface area contributed by atoms with Gasteiger partial charge in [-0.2, -0.15) is 0 Å². The number of rotatable bonds is 5. The van der Waals surface area contributed by atoms with E-state index in [2.05, 4.69) is 5.32 Å². The van der Waals surface area contributed by atoms with E-state index in [4.69, 9.17) is 10.8 Å². The van der Waals surface area contributed by atoms with Crippen molar-refractivity contribution in [2.45, 2.75) is 13.8 Å². The summed E-state index contributed by atoms with van der Waals surface area (Å²) in [5.41, 5.74) is 4.81. The number of hydrogen-bond donors (Lipinski definition) is 3. The minimum Gasteiger partial charge on any atom is -0.481 e. The maximum Gasteiger partial charge on any atom is 0.307 e. The van der Waals surface area contributed by atoms with Crippen LogP contribution in [0.3, 0.4) is 0 Å². The van der Waals surface area contributed by atoms with E-state index in [0.717, 1.165) is 0 Å². The van der Waals surface area contributed by atoms with Crippen LogP contribution in [0, 0.1) is 11.8 Å². The molecule has 0 radical (unpaired) electrons. The van der Waals surface area contributed by atoms with Gasteiger partial charge >= 0.3 is 5.97 Å². The van der Waals surface area contributed by atoms with Crippen LogP contribution in [-0.4, -0.2) is 29.4 Å². The number of amides is 2. The molecule has 6 nitrogen and oxygen atoms in total. The number of aliphatic carboxylic acids is 1. The topological polar surface area (TPSA) is 109 Å². The van der Waals surface area contributed by atoms with Crippen molar-refractivity contribution in [1.82, 2.24) is 5.32 Å². The van der Waals surface area contributed by atoms with E-state index in [0.29, 0.717) is 0 Å². The Balaban J connectivity index is 4.11. The number of nitrogens with two attached hydrogens (primary N) is 1. The third-order valence-electron chi connectivity index (χ3n) is 1.99. The van der Waals surface area contributed by atoms with Crippen LogP contribution in [0.2, 0.25) is 0 Å². The maximum atomic E-state index is 11.2. The molecule has 0 aromatic rings. The minimum atomic E-state index is -1.05. The number of nitrogens with one attached hydrogen (secondary N) is 1. The largest absolute Gasteiger partial charge is 0.481 e. The molecular formula is C8H14N2O4. The maximum absolute atomic E-state index is 11.2. The van der Waals surface area contributed by atoms with Crippen molar-refractivity contribution >= 4 is 17.8 Å². The summed E-state index contributed by atoms with van der Waals surface area (Å²) in [6.45, 7) is 2.64. The van der Waals surface area contributed by atoms with Gasteiger partial charge in [0.15, 0.2) is 0 Å². The predicted molar refractivity (Wildman–Crippen MR) is 48.2 cm³/mol. The van der Waals surface area contributed by atoms with Crippen LogP contribution in [0.4, 0.5) is 0 Å². The molecule has 0 bridgehead atoms. The van der Waals surface area contributed by atoms with Crippen molar-refractivity contribution in [2.75, 3.05) is 6.54 Å². The summed E-state index contributed by atoms with van der Waals surface area (Å²) in [6, 6.07) is 0. The van der Waals surface area contributed by atoms with Gasteiger partial charge < -0.3 is 16.2 Å². The van der Waals surface area contributed by atoms with Crippen LogP contribution in [0.1, 0.15) is 13.8 Å². The molecule has 14 heavy (non-hydrogen) atoms. The van der Waals surface area contributed by atoms with E-state index in [9.17, 15) is 14.4 Å². The van der Waals surface area contributed by atoms with Crippen molar-refractivity contribution in [1.29, 1.82) is 0 Å². The first kappa shape index (κ1) is 12.4. The quantitative estimate of drug-likeness (QED) is 0.528. The van der Waals surface area contributed by atoms with E-state index in [1.165, 1.54) is 13.8 Å². The van der Waals surface area contributed by atoms with Gasteiger partial charge in [0.1, 0.15) is 0 Å². The Labute approximate surface area is 81.5 Å². The van der Waals surface area contributed by atoms with E-state index in [1.807, 2.05) is 0 Å². The van der Waals surface area contributed by atoms with E-state index < -0.39 is 29.6 Å². The summed E-state index contributed by atoms with van der Waals surface area (Å²) in [5.74, 6) is -3.67. The fourth-order valence-corrected chi connectivity index (χ4v) is 0.776. The van der Waals surface area contributed by atoms with Crippen molar-refractivity contribution < 1.29 is 19.5 Å². The molecular weight excluding hydrogens is 188 g/mol. The third-order valence-corrected chi connectivity index (χ3v) is 1.99. The number of primary amides is 1. The Morgan fingerprint density at radius 1 is 1.29 bits per heavy atom. The molecule has 0 heterocycles. The van der Waals surface area contributed by atoms with E-state index >= 15 is 0 Å². The molecule has 0 aromatic heterocycles. The highest BCUT2D eigenvalue weighted by Crippen LogP contribution is 2.10. The molecule has 0 fully saturated rings. The van der Waals surface area contributed by atoms with Crippen molar-refractivity contribution in [3.63, 3.8) is 0 Å². The van der Waals surface area contributed by atoms with Gasteiger partial charge in [-0.1, -0.05) is 13.8 Å². The molecule has 0 aliphatic rings. The second kappa shape index (κ2) is 5.21. The van der Waals surface area contributed by atoms with Crippen molar-refractivity contribution in [3.8, 4) is 0 Å². The van der Waals surface area contributed by atoms with Gasteiger partial charge in [0.2, 0.25) is 11.8 Å². The molecule has 80 valence electrons. The van der Waals surface area contributed by atoms with Crippen LogP contribution >= 0.6 is 0 Å². The van der Waals surface area contributed by atoms with Crippen molar-refractivity contribution in [3.05, 3.63) is 0 Å². The molecule has 4 N–H and O–H groups in total. The lowest BCUT2D eigenvalue weighted by Crippen LogP contribution is -2.39.